The Kier molecular flexibility index (Phi) is 37.2. The molecular weight excluding hydrogens is 733 g/mol. The third-order valence-electron chi connectivity index (χ3n) is 12.7. The highest BCUT2D eigenvalue weighted by Crippen LogP contribution is 2.24. The van der Waals surface area contributed by atoms with E-state index in [1.165, 1.54) is 180 Å². The molecule has 2 amide bonds. The van der Waals surface area contributed by atoms with Crippen molar-refractivity contribution in [1.82, 2.24) is 10.6 Å². The second kappa shape index (κ2) is 38.2. The summed E-state index contributed by atoms with van der Waals surface area (Å²) < 4.78 is 12.9. The van der Waals surface area contributed by atoms with Crippen LogP contribution in [0.1, 0.15) is 227 Å². The van der Waals surface area contributed by atoms with E-state index in [4.69, 9.17) is 9.47 Å². The number of carbonyl (C=O) groups is 2. The van der Waals surface area contributed by atoms with E-state index in [1.807, 2.05) is 0 Å². The van der Waals surface area contributed by atoms with Gasteiger partial charge in [0.15, 0.2) is 0 Å². The molecule has 0 aromatic carbocycles. The van der Waals surface area contributed by atoms with E-state index in [0.717, 1.165) is 48.0 Å². The van der Waals surface area contributed by atoms with Crippen LogP contribution in [0.15, 0.2) is 0 Å². The molecule has 59 heavy (non-hydrogen) atoms. The normalized spacial score (nSPS) is 12.8. The summed E-state index contributed by atoms with van der Waals surface area (Å²) in [5.74, 6) is 0.320. The number of unbranched alkanes of at least 4 members (excludes halogenated alkanes) is 26. The smallest absolute Gasteiger partial charge is 0.407 e. The van der Waals surface area contributed by atoms with Gasteiger partial charge in [-0.05, 0) is 49.9 Å². The fraction of sp³-hybridized carbons (Fsp3) is 0.961. The fourth-order valence-electron chi connectivity index (χ4n) is 7.96. The summed E-state index contributed by atoms with van der Waals surface area (Å²) in [6.45, 7) is 17.0. The van der Waals surface area contributed by atoms with Crippen molar-refractivity contribution in [3.05, 3.63) is 0 Å². The molecule has 0 aliphatic carbocycles. The molecule has 0 rings (SSSR count). The van der Waals surface area contributed by atoms with Gasteiger partial charge in [0.2, 0.25) is 0 Å². The average Bonchev–Trinajstić information content (AvgIpc) is 3.18. The molecule has 0 fully saturated rings. The van der Waals surface area contributed by atoms with Gasteiger partial charge < -0.3 is 29.1 Å². The van der Waals surface area contributed by atoms with Gasteiger partial charge in [-0.25, -0.2) is 9.59 Å². The van der Waals surface area contributed by atoms with Crippen LogP contribution in [0.25, 0.3) is 0 Å². The summed E-state index contributed by atoms with van der Waals surface area (Å²) in [4.78, 5) is 24.9. The molecule has 0 aromatic heterocycles. The summed E-state index contributed by atoms with van der Waals surface area (Å²) in [7, 11) is 8.96. The van der Waals surface area contributed by atoms with Gasteiger partial charge in [-0.15, -0.1) is 0 Å². The van der Waals surface area contributed by atoms with Crippen LogP contribution in [-0.2, 0) is 9.47 Å². The Bertz CT molecular complexity index is 956. The lowest BCUT2D eigenvalue weighted by molar-refractivity contribution is -0.890. The summed E-state index contributed by atoms with van der Waals surface area (Å²) in [5.41, 5.74) is -0.0620. The van der Waals surface area contributed by atoms with Crippen molar-refractivity contribution in [2.75, 3.05) is 80.7 Å². The van der Waals surface area contributed by atoms with Gasteiger partial charge in [0.25, 0.3) is 0 Å². The molecule has 2 N–H and O–H groups in total. The van der Waals surface area contributed by atoms with Crippen molar-refractivity contribution in [2.45, 2.75) is 227 Å². The molecule has 0 spiro atoms. The lowest BCUT2D eigenvalue weighted by atomic mass is 9.85. The largest absolute Gasteiger partial charge is 0.444 e. The first kappa shape index (κ1) is 57.5. The Morgan fingerprint density at radius 3 is 1.12 bits per heavy atom. The van der Waals surface area contributed by atoms with Gasteiger partial charge in [-0.1, -0.05) is 189 Å². The molecule has 0 saturated heterocycles. The molecule has 0 aliphatic rings. The van der Waals surface area contributed by atoms with Gasteiger partial charge in [0.05, 0.1) is 41.3 Å². The molecule has 0 heterocycles. The zero-order valence-corrected chi connectivity index (χ0v) is 41.5. The zero-order chi connectivity index (χ0) is 43.9. The van der Waals surface area contributed by atoms with Crippen LogP contribution < -0.4 is 10.6 Å². The maximum atomic E-state index is 12.5. The number of nitrogens with zero attached hydrogens (tertiary/aromatic N) is 2. The Hall–Kier alpha value is -1.54. The molecule has 8 heteroatoms. The standard InChI is InChI=1S/C51H104N4O4/c1-10-12-14-16-18-20-22-24-26-28-30-32-34-36-40-54(6,7)42-44-58-49(56)52-46-48(3)38-39-51(4,5)47-53-50(57)59-45-43-55(8,9)41-37-35-33-31-29-27-25-23-21-19-17-15-13-11-2/h48H,10-47H2,1-9H3/p+2. The summed E-state index contributed by atoms with van der Waals surface area (Å²) in [5, 5.41) is 5.96. The SMILES string of the molecule is CCCCCCCCCCCCCCCC[N+](C)(C)CCOC(=O)NCC(C)CCC(C)(C)CNC(=O)OCC[N+](C)(C)CCCCCCCCCCCCCCCC. The Morgan fingerprint density at radius 2 is 0.780 bits per heavy atom. The first-order valence-electron chi connectivity index (χ1n) is 25.7. The molecule has 8 nitrogen and oxygen atoms in total. The number of carbonyl (C=O) groups excluding carboxylic acids is 2. The van der Waals surface area contributed by atoms with Crippen LogP contribution in [0, 0.1) is 11.3 Å². The van der Waals surface area contributed by atoms with Crippen molar-refractivity contribution in [2.24, 2.45) is 11.3 Å². The van der Waals surface area contributed by atoms with Crippen LogP contribution in [0.5, 0.6) is 0 Å². The van der Waals surface area contributed by atoms with E-state index in [-0.39, 0.29) is 17.6 Å². The Labute approximate surface area is 369 Å². The second-order valence-electron chi connectivity index (χ2n) is 20.8. The topological polar surface area (TPSA) is 76.7 Å². The van der Waals surface area contributed by atoms with E-state index in [9.17, 15) is 9.59 Å². The fourth-order valence-corrected chi connectivity index (χ4v) is 7.96. The molecule has 0 bridgehead atoms. The molecule has 1 atom stereocenters. The van der Waals surface area contributed by atoms with Crippen LogP contribution in [-0.4, -0.2) is 102 Å². The first-order chi connectivity index (χ1) is 28.2. The van der Waals surface area contributed by atoms with E-state index < -0.39 is 0 Å². The number of quaternary nitrogens is 2. The van der Waals surface area contributed by atoms with Crippen molar-refractivity contribution >= 4 is 12.2 Å². The number of nitrogens with one attached hydrogen (secondary N) is 2. The van der Waals surface area contributed by atoms with Crippen molar-refractivity contribution < 1.29 is 28.0 Å². The molecule has 0 saturated carbocycles. The third-order valence-corrected chi connectivity index (χ3v) is 12.7. The highest BCUT2D eigenvalue weighted by molar-refractivity contribution is 5.67. The summed E-state index contributed by atoms with van der Waals surface area (Å²) >= 11 is 0. The zero-order valence-electron chi connectivity index (χ0n) is 41.5. The number of rotatable bonds is 43. The van der Waals surface area contributed by atoms with Gasteiger partial charge in [-0.3, -0.25) is 0 Å². The Balaban J connectivity index is 3.86. The van der Waals surface area contributed by atoms with Crippen molar-refractivity contribution in [3.63, 3.8) is 0 Å². The number of hydrogen-bond acceptors (Lipinski definition) is 4. The average molecular weight is 839 g/mol. The molecule has 0 radical (unpaired) electrons. The van der Waals surface area contributed by atoms with Crippen LogP contribution in [0.4, 0.5) is 9.59 Å². The van der Waals surface area contributed by atoms with Gasteiger partial charge >= 0.3 is 12.2 Å². The monoisotopic (exact) mass is 839 g/mol. The predicted octanol–water partition coefficient (Wildman–Crippen LogP) is 14.0. The Morgan fingerprint density at radius 1 is 0.475 bits per heavy atom. The van der Waals surface area contributed by atoms with E-state index in [2.05, 4.69) is 73.4 Å². The maximum Gasteiger partial charge on any atom is 0.407 e. The quantitative estimate of drug-likeness (QED) is 0.0474. The second-order valence-corrected chi connectivity index (χ2v) is 20.8. The molecule has 0 aromatic rings. The minimum Gasteiger partial charge on any atom is -0.444 e. The minimum atomic E-state index is -0.326. The molecular formula is C51H106N4O4+2. The van der Waals surface area contributed by atoms with E-state index in [0.29, 0.717) is 32.2 Å². The lowest BCUT2D eigenvalue weighted by Crippen LogP contribution is -2.44. The van der Waals surface area contributed by atoms with Gasteiger partial charge in [0, 0.05) is 13.1 Å². The van der Waals surface area contributed by atoms with E-state index in [1.54, 1.807) is 0 Å². The van der Waals surface area contributed by atoms with E-state index >= 15 is 0 Å². The predicted molar refractivity (Wildman–Crippen MR) is 255 cm³/mol. The highest BCUT2D eigenvalue weighted by atomic mass is 16.6. The summed E-state index contributed by atoms with van der Waals surface area (Å²) in [6.07, 6.45) is 39.9. The third kappa shape index (κ3) is 41.6. The highest BCUT2D eigenvalue weighted by Gasteiger charge is 2.22. The number of likely N-dealkylation sites (N-methyl/N-ethyl adjacent to an activating group) is 2. The number of hydrogen-bond donors (Lipinski definition) is 2. The number of ether oxygens (including phenoxy) is 2. The van der Waals surface area contributed by atoms with Gasteiger partial charge in [-0.2, -0.15) is 0 Å². The number of amides is 2. The minimum absolute atomic E-state index is 0.0620. The van der Waals surface area contributed by atoms with Crippen molar-refractivity contribution in [3.8, 4) is 0 Å². The first-order valence-corrected chi connectivity index (χ1v) is 25.7. The van der Waals surface area contributed by atoms with Crippen LogP contribution in [0.3, 0.4) is 0 Å². The molecule has 1 unspecified atom stereocenters. The molecule has 352 valence electrons. The van der Waals surface area contributed by atoms with Crippen LogP contribution in [0.2, 0.25) is 0 Å². The molecule has 0 aliphatic heterocycles. The lowest BCUT2D eigenvalue weighted by Gasteiger charge is -2.30. The number of alkyl carbamates (subject to hydrolysis) is 2. The summed E-state index contributed by atoms with van der Waals surface area (Å²) in [6, 6.07) is 0. The van der Waals surface area contributed by atoms with Gasteiger partial charge in [0.1, 0.15) is 26.3 Å². The van der Waals surface area contributed by atoms with Crippen molar-refractivity contribution in [1.29, 1.82) is 0 Å². The maximum absolute atomic E-state index is 12.5. The van der Waals surface area contributed by atoms with Crippen LogP contribution >= 0.6 is 0 Å².